The third kappa shape index (κ3) is 2.61. The van der Waals surface area contributed by atoms with Crippen molar-refractivity contribution in [3.63, 3.8) is 0 Å². The zero-order valence-corrected chi connectivity index (χ0v) is 13.4. The number of hydrogen-bond acceptors (Lipinski definition) is 4. The molecule has 1 spiro atoms. The molecule has 124 valence electrons. The summed E-state index contributed by atoms with van der Waals surface area (Å²) in [5.74, 6) is 0.815. The summed E-state index contributed by atoms with van der Waals surface area (Å²) in [5.41, 5.74) is 0. The average Bonchev–Trinajstić information content (AvgIpc) is 3.17. The Balaban J connectivity index is 1.41. The van der Waals surface area contributed by atoms with Crippen LogP contribution in [0.4, 0.5) is 4.79 Å². The summed E-state index contributed by atoms with van der Waals surface area (Å²) in [4.78, 5) is 16.4. The molecule has 0 radical (unpaired) electrons. The van der Waals surface area contributed by atoms with E-state index in [1.54, 1.807) is 0 Å². The van der Waals surface area contributed by atoms with E-state index in [9.17, 15) is 4.79 Å². The van der Waals surface area contributed by atoms with Crippen molar-refractivity contribution in [2.75, 3.05) is 33.4 Å². The molecule has 4 rings (SSSR count). The molecule has 0 aromatic heterocycles. The van der Waals surface area contributed by atoms with E-state index in [4.69, 9.17) is 14.2 Å². The first-order chi connectivity index (χ1) is 11.2. The number of hydrogen-bond donors (Lipinski definition) is 0. The molecule has 3 aliphatic heterocycles. The van der Waals surface area contributed by atoms with Crippen molar-refractivity contribution in [2.24, 2.45) is 0 Å². The van der Waals surface area contributed by atoms with Crippen LogP contribution < -0.4 is 9.47 Å². The lowest BCUT2D eigenvalue weighted by molar-refractivity contribution is -0.0659. The Morgan fingerprint density at radius 3 is 2.52 bits per heavy atom. The second kappa shape index (κ2) is 5.60. The van der Waals surface area contributed by atoms with Crippen LogP contribution in [-0.2, 0) is 4.74 Å². The molecule has 2 amide bonds. The number of rotatable bonds is 1. The van der Waals surface area contributed by atoms with Crippen molar-refractivity contribution in [2.45, 2.75) is 31.1 Å². The van der Waals surface area contributed by atoms with Gasteiger partial charge in [0.2, 0.25) is 0 Å². The first-order valence-corrected chi connectivity index (χ1v) is 8.23. The Morgan fingerprint density at radius 2 is 1.87 bits per heavy atom. The maximum absolute atomic E-state index is 12.8. The van der Waals surface area contributed by atoms with Crippen LogP contribution in [0, 0.1) is 0 Å². The maximum atomic E-state index is 12.8. The van der Waals surface area contributed by atoms with E-state index in [0.29, 0.717) is 19.5 Å². The van der Waals surface area contributed by atoms with Crippen molar-refractivity contribution < 1.29 is 19.0 Å². The molecule has 0 N–H and O–H groups in total. The third-order valence-corrected chi connectivity index (χ3v) is 4.95. The van der Waals surface area contributed by atoms with Gasteiger partial charge < -0.3 is 24.0 Å². The number of benzene rings is 1. The van der Waals surface area contributed by atoms with E-state index in [2.05, 4.69) is 0 Å². The predicted octanol–water partition coefficient (Wildman–Crippen LogP) is 2.09. The molecule has 23 heavy (non-hydrogen) atoms. The van der Waals surface area contributed by atoms with Crippen LogP contribution in [-0.4, -0.2) is 61.0 Å². The van der Waals surface area contributed by atoms with Crippen LogP contribution >= 0.6 is 0 Å². The van der Waals surface area contributed by atoms with E-state index < -0.39 is 5.79 Å². The standard InChI is InChI=1S/C17H22N2O4/c1-18(13-6-10-21-11-7-13)16(20)19-9-8-17(12-19)22-14-4-2-3-5-15(14)23-17/h2-5,13H,6-12H2,1H3. The lowest BCUT2D eigenvalue weighted by Gasteiger charge is -2.34. The van der Waals surface area contributed by atoms with Crippen molar-refractivity contribution in [1.82, 2.24) is 9.80 Å². The molecule has 6 heteroatoms. The summed E-state index contributed by atoms with van der Waals surface area (Å²) in [6, 6.07) is 7.98. The van der Waals surface area contributed by atoms with Gasteiger partial charge in [-0.05, 0) is 25.0 Å². The van der Waals surface area contributed by atoms with Gasteiger partial charge in [-0.2, -0.15) is 0 Å². The van der Waals surface area contributed by atoms with E-state index in [0.717, 1.165) is 37.6 Å². The summed E-state index contributed by atoms with van der Waals surface area (Å²) in [6.07, 6.45) is 2.49. The van der Waals surface area contributed by atoms with Gasteiger partial charge in [-0.25, -0.2) is 4.79 Å². The fourth-order valence-corrected chi connectivity index (χ4v) is 3.58. The lowest BCUT2D eigenvalue weighted by atomic mass is 10.1. The SMILES string of the molecule is CN(C(=O)N1CCC2(C1)Oc1ccccc1O2)C1CCOCC1. The Hall–Kier alpha value is -1.95. The Kier molecular flexibility index (Phi) is 3.56. The van der Waals surface area contributed by atoms with E-state index in [1.807, 2.05) is 41.1 Å². The third-order valence-electron chi connectivity index (χ3n) is 4.95. The van der Waals surface area contributed by atoms with E-state index in [-0.39, 0.29) is 12.1 Å². The van der Waals surface area contributed by atoms with E-state index in [1.165, 1.54) is 0 Å². The van der Waals surface area contributed by atoms with Crippen LogP contribution in [0.5, 0.6) is 11.5 Å². The van der Waals surface area contributed by atoms with Gasteiger partial charge in [-0.15, -0.1) is 0 Å². The summed E-state index contributed by atoms with van der Waals surface area (Å²) in [5, 5.41) is 0. The smallest absolute Gasteiger partial charge is 0.320 e. The van der Waals surface area contributed by atoms with Gasteiger partial charge in [0, 0.05) is 39.3 Å². The van der Waals surface area contributed by atoms with Crippen LogP contribution in [0.1, 0.15) is 19.3 Å². The largest absolute Gasteiger partial charge is 0.447 e. The van der Waals surface area contributed by atoms with Crippen LogP contribution in [0.2, 0.25) is 0 Å². The van der Waals surface area contributed by atoms with Gasteiger partial charge in [0.1, 0.15) is 0 Å². The molecule has 0 unspecified atom stereocenters. The molecule has 0 aliphatic carbocycles. The molecular weight excluding hydrogens is 296 g/mol. The summed E-state index contributed by atoms with van der Waals surface area (Å²) >= 11 is 0. The van der Waals surface area contributed by atoms with Gasteiger partial charge in [0.05, 0.1) is 6.54 Å². The molecule has 6 nitrogen and oxygen atoms in total. The van der Waals surface area contributed by atoms with Gasteiger partial charge in [-0.3, -0.25) is 0 Å². The minimum absolute atomic E-state index is 0.0527. The molecule has 1 aromatic rings. The second-order valence-electron chi connectivity index (χ2n) is 6.47. The van der Waals surface area contributed by atoms with Crippen molar-refractivity contribution >= 4 is 6.03 Å². The molecule has 0 bridgehead atoms. The van der Waals surface area contributed by atoms with Crippen LogP contribution in [0.25, 0.3) is 0 Å². The molecule has 3 heterocycles. The van der Waals surface area contributed by atoms with E-state index >= 15 is 0 Å². The topological polar surface area (TPSA) is 51.2 Å². The second-order valence-corrected chi connectivity index (χ2v) is 6.47. The number of amides is 2. The number of urea groups is 1. The molecule has 0 saturated carbocycles. The summed E-state index contributed by atoms with van der Waals surface area (Å²) in [6.45, 7) is 2.58. The minimum Gasteiger partial charge on any atom is -0.447 e. The number of nitrogens with zero attached hydrogens (tertiary/aromatic N) is 2. The summed E-state index contributed by atoms with van der Waals surface area (Å²) < 4.78 is 17.4. The first kappa shape index (κ1) is 14.6. The highest BCUT2D eigenvalue weighted by Gasteiger charge is 2.49. The van der Waals surface area contributed by atoms with Crippen molar-refractivity contribution in [3.8, 4) is 11.5 Å². The number of para-hydroxylation sites is 2. The number of carbonyl (C=O) groups excluding carboxylic acids is 1. The number of carbonyl (C=O) groups is 1. The zero-order valence-electron chi connectivity index (χ0n) is 13.4. The number of fused-ring (bicyclic) bond motifs is 1. The molecule has 2 saturated heterocycles. The maximum Gasteiger partial charge on any atom is 0.320 e. The Bertz CT molecular complexity index is 575. The number of ether oxygens (including phenoxy) is 3. The minimum atomic E-state index is -0.712. The van der Waals surface area contributed by atoms with Crippen LogP contribution in [0.15, 0.2) is 24.3 Å². The van der Waals surface area contributed by atoms with Gasteiger partial charge in [0.25, 0.3) is 5.79 Å². The fraction of sp³-hybridized carbons (Fsp3) is 0.588. The molecule has 2 fully saturated rings. The molecular formula is C17H22N2O4. The number of likely N-dealkylation sites (tertiary alicyclic amines) is 1. The molecule has 0 atom stereocenters. The quantitative estimate of drug-likeness (QED) is 0.795. The highest BCUT2D eigenvalue weighted by atomic mass is 16.7. The van der Waals surface area contributed by atoms with Gasteiger partial charge >= 0.3 is 6.03 Å². The molecule has 1 aromatic carbocycles. The van der Waals surface area contributed by atoms with Crippen molar-refractivity contribution in [3.05, 3.63) is 24.3 Å². The molecule has 3 aliphatic rings. The average molecular weight is 318 g/mol. The summed E-state index contributed by atoms with van der Waals surface area (Å²) in [7, 11) is 1.88. The Labute approximate surface area is 135 Å². The van der Waals surface area contributed by atoms with Gasteiger partial charge in [0.15, 0.2) is 11.5 Å². The highest BCUT2D eigenvalue weighted by Crippen LogP contribution is 2.43. The fourth-order valence-electron chi connectivity index (χ4n) is 3.58. The van der Waals surface area contributed by atoms with Gasteiger partial charge in [-0.1, -0.05) is 12.1 Å². The lowest BCUT2D eigenvalue weighted by Crippen LogP contribution is -2.49. The predicted molar refractivity (Wildman–Crippen MR) is 83.6 cm³/mol. The van der Waals surface area contributed by atoms with Crippen molar-refractivity contribution in [1.29, 1.82) is 0 Å². The normalized spacial score (nSPS) is 22.6. The monoisotopic (exact) mass is 318 g/mol. The first-order valence-electron chi connectivity index (χ1n) is 8.23. The highest BCUT2D eigenvalue weighted by molar-refractivity contribution is 5.75. The van der Waals surface area contributed by atoms with Crippen LogP contribution in [0.3, 0.4) is 0 Å². The Morgan fingerprint density at radius 1 is 1.22 bits per heavy atom. The zero-order chi connectivity index (χ0) is 15.9.